The zero-order valence-corrected chi connectivity index (χ0v) is 17.5. The van der Waals surface area contributed by atoms with Gasteiger partial charge >= 0.3 is 0 Å². The fraction of sp³-hybridized carbons (Fsp3) is 0.360. The second-order valence-electron chi connectivity index (χ2n) is 8.08. The number of unbranched alkanes of at least 4 members (excludes halogenated alkanes) is 6. The van der Waals surface area contributed by atoms with E-state index in [9.17, 15) is 19.2 Å². The first-order valence-electron chi connectivity index (χ1n) is 11.0. The van der Waals surface area contributed by atoms with Crippen LogP contribution >= 0.6 is 0 Å². The fourth-order valence-electron chi connectivity index (χ4n) is 4.36. The molecule has 0 bridgehead atoms. The van der Waals surface area contributed by atoms with Gasteiger partial charge in [0.15, 0.2) is 0 Å². The molecule has 6 heteroatoms. The van der Waals surface area contributed by atoms with Crippen LogP contribution in [0.5, 0.6) is 0 Å². The third-order valence-corrected chi connectivity index (χ3v) is 6.02. The number of hydrogen-bond donors (Lipinski definition) is 0. The van der Waals surface area contributed by atoms with E-state index < -0.39 is 23.4 Å². The monoisotopic (exact) mass is 418 g/mol. The maximum Gasteiger partial charge on any atom is 0.299 e. The Bertz CT molecular complexity index is 948. The van der Waals surface area contributed by atoms with Crippen LogP contribution in [-0.2, 0) is 9.59 Å². The number of carbonyl (C=O) groups is 4. The normalized spacial score (nSPS) is 15.1. The fourth-order valence-corrected chi connectivity index (χ4v) is 4.36. The first kappa shape index (κ1) is 21.0. The van der Waals surface area contributed by atoms with Crippen molar-refractivity contribution in [2.45, 2.75) is 44.9 Å². The Labute approximate surface area is 181 Å². The van der Waals surface area contributed by atoms with Crippen molar-refractivity contribution in [3.8, 4) is 0 Å². The number of anilines is 2. The molecule has 2 aromatic rings. The summed E-state index contributed by atoms with van der Waals surface area (Å²) >= 11 is 0. The van der Waals surface area contributed by atoms with Crippen molar-refractivity contribution in [1.82, 2.24) is 0 Å². The van der Waals surface area contributed by atoms with Gasteiger partial charge in [-0.25, -0.2) is 0 Å². The number of Topliss-reactive ketones (excluding diaryl/α,β-unsaturated/α-hetero) is 2. The van der Waals surface area contributed by atoms with E-state index >= 15 is 0 Å². The van der Waals surface area contributed by atoms with Gasteiger partial charge in [-0.2, -0.15) is 0 Å². The van der Waals surface area contributed by atoms with Crippen molar-refractivity contribution >= 4 is 34.8 Å². The number of rotatable bonds is 10. The number of benzene rings is 2. The Balaban J connectivity index is 1.11. The Morgan fingerprint density at radius 3 is 1.26 bits per heavy atom. The molecule has 2 heterocycles. The molecule has 0 aliphatic carbocycles. The topological polar surface area (TPSA) is 74.8 Å². The molecule has 6 nitrogen and oxygen atoms in total. The van der Waals surface area contributed by atoms with Crippen molar-refractivity contribution in [1.29, 1.82) is 0 Å². The zero-order valence-electron chi connectivity index (χ0n) is 17.5. The third kappa shape index (κ3) is 4.15. The van der Waals surface area contributed by atoms with E-state index in [2.05, 4.69) is 0 Å². The predicted molar refractivity (Wildman–Crippen MR) is 119 cm³/mol. The Hall–Kier alpha value is -3.28. The average Bonchev–Trinajstić information content (AvgIpc) is 3.18. The smallest absolute Gasteiger partial charge is 0.299 e. The molecule has 2 aliphatic heterocycles. The van der Waals surface area contributed by atoms with E-state index in [-0.39, 0.29) is 0 Å². The lowest BCUT2D eigenvalue weighted by molar-refractivity contribution is -0.114. The van der Waals surface area contributed by atoms with Crippen LogP contribution in [0.4, 0.5) is 11.4 Å². The maximum absolute atomic E-state index is 12.2. The van der Waals surface area contributed by atoms with E-state index in [4.69, 9.17) is 0 Å². The van der Waals surface area contributed by atoms with Crippen LogP contribution in [0.2, 0.25) is 0 Å². The molecule has 2 amide bonds. The molecule has 0 spiro atoms. The van der Waals surface area contributed by atoms with E-state index in [0.29, 0.717) is 24.2 Å². The number of amides is 2. The number of fused-ring (bicyclic) bond motifs is 2. The van der Waals surface area contributed by atoms with Gasteiger partial charge in [-0.05, 0) is 37.1 Å². The predicted octanol–water partition coefficient (Wildman–Crippen LogP) is 4.18. The molecule has 4 rings (SSSR count). The van der Waals surface area contributed by atoms with Crippen LogP contribution in [0.1, 0.15) is 65.7 Å². The van der Waals surface area contributed by atoms with Gasteiger partial charge in [-0.1, -0.05) is 56.4 Å². The molecule has 2 aromatic carbocycles. The van der Waals surface area contributed by atoms with Crippen LogP contribution in [-0.4, -0.2) is 36.5 Å². The summed E-state index contributed by atoms with van der Waals surface area (Å²) in [4.78, 5) is 51.5. The van der Waals surface area contributed by atoms with Gasteiger partial charge in [-0.3, -0.25) is 19.2 Å². The summed E-state index contributed by atoms with van der Waals surface area (Å²) in [6, 6.07) is 14.3. The first-order chi connectivity index (χ1) is 15.1. The molecule has 0 atom stereocenters. The van der Waals surface area contributed by atoms with Gasteiger partial charge in [0.05, 0.1) is 22.5 Å². The molecule has 0 unspecified atom stereocenters. The highest BCUT2D eigenvalue weighted by atomic mass is 16.2. The Morgan fingerprint density at radius 2 is 0.839 bits per heavy atom. The maximum atomic E-state index is 12.2. The van der Waals surface area contributed by atoms with Gasteiger partial charge < -0.3 is 9.80 Å². The van der Waals surface area contributed by atoms with Gasteiger partial charge in [0, 0.05) is 13.1 Å². The molecular weight excluding hydrogens is 392 g/mol. The molecular formula is C25H26N2O4. The number of para-hydroxylation sites is 2. The van der Waals surface area contributed by atoms with Crippen molar-refractivity contribution in [2.75, 3.05) is 22.9 Å². The summed E-state index contributed by atoms with van der Waals surface area (Å²) in [5.41, 5.74) is 2.48. The summed E-state index contributed by atoms with van der Waals surface area (Å²) in [6.07, 6.45) is 6.98. The minimum atomic E-state index is -0.419. The van der Waals surface area contributed by atoms with E-state index in [1.807, 2.05) is 24.3 Å². The third-order valence-electron chi connectivity index (χ3n) is 6.02. The van der Waals surface area contributed by atoms with Gasteiger partial charge in [-0.15, -0.1) is 0 Å². The van der Waals surface area contributed by atoms with Crippen LogP contribution in [0, 0.1) is 0 Å². The summed E-state index contributed by atoms with van der Waals surface area (Å²) in [6.45, 7) is 1.15. The molecule has 160 valence electrons. The van der Waals surface area contributed by atoms with Gasteiger partial charge in [0.2, 0.25) is 0 Å². The highest BCUT2D eigenvalue weighted by Gasteiger charge is 2.35. The van der Waals surface area contributed by atoms with Crippen LogP contribution in [0.25, 0.3) is 0 Å². The zero-order chi connectivity index (χ0) is 21.8. The quantitative estimate of drug-likeness (QED) is 0.429. The highest BCUT2D eigenvalue weighted by molar-refractivity contribution is 6.52. The van der Waals surface area contributed by atoms with Crippen LogP contribution < -0.4 is 9.80 Å². The summed E-state index contributed by atoms with van der Waals surface area (Å²) in [7, 11) is 0. The summed E-state index contributed by atoms with van der Waals surface area (Å²) in [5.74, 6) is -1.65. The second-order valence-corrected chi connectivity index (χ2v) is 8.08. The molecule has 0 saturated carbocycles. The van der Waals surface area contributed by atoms with E-state index in [1.165, 1.54) is 0 Å². The Morgan fingerprint density at radius 1 is 0.484 bits per heavy atom. The average molecular weight is 418 g/mol. The molecule has 0 saturated heterocycles. The standard InChI is InChI=1S/C25H26N2O4/c28-22-18-12-6-8-14-20(18)26(24(22)30)16-10-4-2-1-3-5-11-17-27-21-15-9-7-13-19(21)23(29)25(27)31/h6-9,12-15H,1-5,10-11,16-17H2. The van der Waals surface area contributed by atoms with E-state index in [1.54, 1.807) is 34.1 Å². The number of carbonyl (C=O) groups excluding carboxylic acids is 4. The lowest BCUT2D eigenvalue weighted by atomic mass is 10.1. The summed E-state index contributed by atoms with van der Waals surface area (Å²) in [5, 5.41) is 0. The first-order valence-corrected chi connectivity index (χ1v) is 11.0. The van der Waals surface area contributed by atoms with Gasteiger partial charge in [0.25, 0.3) is 23.4 Å². The largest absolute Gasteiger partial charge is 0.305 e. The molecule has 0 N–H and O–H groups in total. The molecule has 0 aromatic heterocycles. The van der Waals surface area contributed by atoms with Crippen LogP contribution in [0.3, 0.4) is 0 Å². The summed E-state index contributed by atoms with van der Waals surface area (Å²) < 4.78 is 0. The van der Waals surface area contributed by atoms with Crippen molar-refractivity contribution in [2.24, 2.45) is 0 Å². The molecule has 31 heavy (non-hydrogen) atoms. The number of hydrogen-bond acceptors (Lipinski definition) is 4. The van der Waals surface area contributed by atoms with E-state index in [0.717, 1.165) is 56.3 Å². The second kappa shape index (κ2) is 9.25. The molecule has 2 aliphatic rings. The van der Waals surface area contributed by atoms with Gasteiger partial charge in [0.1, 0.15) is 0 Å². The van der Waals surface area contributed by atoms with Crippen LogP contribution in [0.15, 0.2) is 48.5 Å². The highest BCUT2D eigenvalue weighted by Crippen LogP contribution is 2.30. The number of nitrogens with zero attached hydrogens (tertiary/aromatic N) is 2. The minimum Gasteiger partial charge on any atom is -0.305 e. The van der Waals surface area contributed by atoms with Crippen molar-refractivity contribution in [3.05, 3.63) is 59.7 Å². The van der Waals surface area contributed by atoms with Crippen molar-refractivity contribution < 1.29 is 19.2 Å². The number of ketones is 2. The Kier molecular flexibility index (Phi) is 6.26. The SMILES string of the molecule is O=C1C(=O)N(CCCCCCCCCN2C(=O)C(=O)c3ccccc32)c2ccccc21. The molecule has 0 radical (unpaired) electrons. The molecule has 0 fully saturated rings. The minimum absolute atomic E-state index is 0.406. The lowest BCUT2D eigenvalue weighted by Crippen LogP contribution is -2.30. The lowest BCUT2D eigenvalue weighted by Gasteiger charge is -2.16. The van der Waals surface area contributed by atoms with Crippen molar-refractivity contribution in [3.63, 3.8) is 0 Å².